The van der Waals surface area contributed by atoms with E-state index >= 15 is 0 Å². The van der Waals surface area contributed by atoms with Crippen LogP contribution >= 0.6 is 0 Å². The molecule has 0 fully saturated rings. The first kappa shape index (κ1) is 32.2. The lowest BCUT2D eigenvalue weighted by Gasteiger charge is -2.11. The molecule has 0 unspecified atom stereocenters. The molecule has 2 heterocycles. The van der Waals surface area contributed by atoms with E-state index in [0.29, 0.717) is 17.5 Å². The zero-order chi connectivity index (χ0) is 36.6. The van der Waals surface area contributed by atoms with E-state index in [0.717, 1.165) is 39.1 Å². The van der Waals surface area contributed by atoms with Crippen LogP contribution in [0.4, 0.5) is 0 Å². The van der Waals surface area contributed by atoms with Crippen LogP contribution in [-0.4, -0.2) is 19.5 Å². The molecule has 55 heavy (non-hydrogen) atoms. The molecule has 0 aliphatic rings. The van der Waals surface area contributed by atoms with Gasteiger partial charge in [0.15, 0.2) is 17.5 Å². The largest absolute Gasteiger partial charge is 0.309 e. The van der Waals surface area contributed by atoms with Gasteiger partial charge in [-0.05, 0) is 57.6 Å². The van der Waals surface area contributed by atoms with Crippen molar-refractivity contribution in [1.82, 2.24) is 19.5 Å². The summed E-state index contributed by atoms with van der Waals surface area (Å²) in [5.41, 5.74) is 13.3. The highest BCUT2D eigenvalue weighted by Gasteiger charge is 2.17. The van der Waals surface area contributed by atoms with E-state index in [1.807, 2.05) is 12.1 Å². The molecule has 0 atom stereocenters. The van der Waals surface area contributed by atoms with Gasteiger partial charge in [0, 0.05) is 33.2 Å². The van der Waals surface area contributed by atoms with E-state index in [1.54, 1.807) is 0 Å². The second-order valence-corrected chi connectivity index (χ2v) is 13.7. The summed E-state index contributed by atoms with van der Waals surface area (Å²) in [6.07, 6.45) is 0. The summed E-state index contributed by atoms with van der Waals surface area (Å²) in [4.78, 5) is 15.2. The van der Waals surface area contributed by atoms with Crippen molar-refractivity contribution in [3.8, 4) is 73.2 Å². The van der Waals surface area contributed by atoms with E-state index in [2.05, 4.69) is 199 Å². The molecule has 4 heteroatoms. The molecule has 8 aromatic carbocycles. The van der Waals surface area contributed by atoms with Gasteiger partial charge in [-0.25, -0.2) is 15.0 Å². The third-order valence-corrected chi connectivity index (χ3v) is 10.3. The summed E-state index contributed by atoms with van der Waals surface area (Å²) < 4.78 is 2.36. The molecule has 258 valence electrons. The average molecular weight is 703 g/mol. The third-order valence-electron chi connectivity index (χ3n) is 10.3. The SMILES string of the molecule is c1ccc(-c2ccc(-c3nc(-c4ccc(-c5ccccc5)cc4)nc(-c4ccc(-c5cccc6c5c5ccccc5n6-c5ccccc5)cc4)n3)cc2)cc1. The molecule has 0 radical (unpaired) electrons. The summed E-state index contributed by atoms with van der Waals surface area (Å²) in [5.74, 6) is 1.90. The van der Waals surface area contributed by atoms with Crippen LogP contribution in [0.25, 0.3) is 95.0 Å². The standard InChI is InChI=1S/C51H34N4/c1-4-13-35(14-5-1)37-23-29-40(30-24-37)49-52-50(41-31-25-38(26-32-41)36-15-6-2-7-16-36)54-51(53-49)42-33-27-39(28-34-42)44-20-12-22-47-48(44)45-19-10-11-21-46(45)55(47)43-17-8-3-9-18-43/h1-34H. The Bertz CT molecular complexity index is 2820. The van der Waals surface area contributed by atoms with Crippen LogP contribution in [0.15, 0.2) is 206 Å². The molecule has 0 amide bonds. The maximum Gasteiger partial charge on any atom is 0.164 e. The maximum atomic E-state index is 5.07. The van der Waals surface area contributed by atoms with Crippen molar-refractivity contribution in [2.75, 3.05) is 0 Å². The Balaban J connectivity index is 1.06. The minimum absolute atomic E-state index is 0.629. The van der Waals surface area contributed by atoms with Crippen molar-refractivity contribution in [2.45, 2.75) is 0 Å². The highest BCUT2D eigenvalue weighted by molar-refractivity contribution is 6.15. The monoisotopic (exact) mass is 702 g/mol. The van der Waals surface area contributed by atoms with Gasteiger partial charge in [-0.3, -0.25) is 0 Å². The summed E-state index contributed by atoms with van der Waals surface area (Å²) in [6.45, 7) is 0. The zero-order valence-electron chi connectivity index (χ0n) is 29.9. The number of hydrogen-bond donors (Lipinski definition) is 0. The molecule has 10 rings (SSSR count). The summed E-state index contributed by atoms with van der Waals surface area (Å²) >= 11 is 0. The molecular weight excluding hydrogens is 669 g/mol. The molecule has 10 aromatic rings. The van der Waals surface area contributed by atoms with Crippen molar-refractivity contribution in [3.05, 3.63) is 206 Å². The van der Waals surface area contributed by atoms with Gasteiger partial charge < -0.3 is 4.57 Å². The molecule has 0 saturated carbocycles. The number of benzene rings is 8. The predicted octanol–water partition coefficient (Wildman–Crippen LogP) is 13.0. The number of hydrogen-bond acceptors (Lipinski definition) is 3. The van der Waals surface area contributed by atoms with E-state index in [1.165, 1.54) is 38.5 Å². The topological polar surface area (TPSA) is 43.6 Å². The molecule has 0 bridgehead atoms. The van der Waals surface area contributed by atoms with Gasteiger partial charge in [0.25, 0.3) is 0 Å². The third kappa shape index (κ3) is 6.06. The zero-order valence-corrected chi connectivity index (χ0v) is 29.9. The lowest BCUT2D eigenvalue weighted by atomic mass is 9.98. The van der Waals surface area contributed by atoms with Crippen LogP contribution < -0.4 is 0 Å². The quantitative estimate of drug-likeness (QED) is 0.166. The number of rotatable bonds is 7. The van der Waals surface area contributed by atoms with Gasteiger partial charge in [-0.1, -0.05) is 182 Å². The maximum absolute atomic E-state index is 5.07. The molecular formula is C51H34N4. The Morgan fingerprint density at radius 3 is 1.16 bits per heavy atom. The first-order chi connectivity index (χ1) is 27.3. The Morgan fingerprint density at radius 1 is 0.273 bits per heavy atom. The second-order valence-electron chi connectivity index (χ2n) is 13.7. The van der Waals surface area contributed by atoms with Crippen molar-refractivity contribution < 1.29 is 0 Å². The first-order valence-corrected chi connectivity index (χ1v) is 18.5. The smallest absolute Gasteiger partial charge is 0.164 e. The van der Waals surface area contributed by atoms with Crippen LogP contribution in [0.2, 0.25) is 0 Å². The van der Waals surface area contributed by atoms with Crippen LogP contribution in [0.3, 0.4) is 0 Å². The summed E-state index contributed by atoms with van der Waals surface area (Å²) in [5, 5.41) is 2.46. The van der Waals surface area contributed by atoms with E-state index in [4.69, 9.17) is 15.0 Å². The molecule has 0 aliphatic carbocycles. The van der Waals surface area contributed by atoms with Crippen LogP contribution in [0, 0.1) is 0 Å². The summed E-state index contributed by atoms with van der Waals surface area (Å²) in [7, 11) is 0. The van der Waals surface area contributed by atoms with Crippen molar-refractivity contribution in [1.29, 1.82) is 0 Å². The predicted molar refractivity (Wildman–Crippen MR) is 227 cm³/mol. The van der Waals surface area contributed by atoms with E-state index in [9.17, 15) is 0 Å². The van der Waals surface area contributed by atoms with Gasteiger partial charge in [0.2, 0.25) is 0 Å². The minimum Gasteiger partial charge on any atom is -0.309 e. The van der Waals surface area contributed by atoms with Gasteiger partial charge >= 0.3 is 0 Å². The molecule has 0 N–H and O–H groups in total. The Hall–Kier alpha value is -7.43. The first-order valence-electron chi connectivity index (χ1n) is 18.5. The van der Waals surface area contributed by atoms with E-state index in [-0.39, 0.29) is 0 Å². The van der Waals surface area contributed by atoms with Crippen molar-refractivity contribution in [3.63, 3.8) is 0 Å². The van der Waals surface area contributed by atoms with Crippen LogP contribution in [-0.2, 0) is 0 Å². The summed E-state index contributed by atoms with van der Waals surface area (Å²) in [6, 6.07) is 72.2. The molecule has 2 aromatic heterocycles. The van der Waals surface area contributed by atoms with E-state index < -0.39 is 0 Å². The Kier molecular flexibility index (Phi) is 8.12. The molecule has 4 nitrogen and oxygen atoms in total. The number of aromatic nitrogens is 4. The molecule has 0 saturated heterocycles. The highest BCUT2D eigenvalue weighted by Crippen LogP contribution is 2.39. The van der Waals surface area contributed by atoms with Gasteiger partial charge in [-0.15, -0.1) is 0 Å². The fraction of sp³-hybridized carbons (Fsp3) is 0. The van der Waals surface area contributed by atoms with Crippen LogP contribution in [0.5, 0.6) is 0 Å². The molecule has 0 spiro atoms. The average Bonchev–Trinajstić information content (AvgIpc) is 3.62. The number of fused-ring (bicyclic) bond motifs is 3. The van der Waals surface area contributed by atoms with Gasteiger partial charge in [-0.2, -0.15) is 0 Å². The number of para-hydroxylation sites is 2. The van der Waals surface area contributed by atoms with Crippen LogP contribution in [0.1, 0.15) is 0 Å². The lowest BCUT2D eigenvalue weighted by Crippen LogP contribution is -2.00. The highest BCUT2D eigenvalue weighted by atomic mass is 15.0. The second kappa shape index (κ2) is 13.8. The Labute approximate surface area is 319 Å². The number of nitrogens with zero attached hydrogens (tertiary/aromatic N) is 4. The fourth-order valence-electron chi connectivity index (χ4n) is 7.56. The fourth-order valence-corrected chi connectivity index (χ4v) is 7.56. The van der Waals surface area contributed by atoms with Gasteiger partial charge in [0.1, 0.15) is 0 Å². The normalized spacial score (nSPS) is 11.3. The minimum atomic E-state index is 0.629. The van der Waals surface area contributed by atoms with Gasteiger partial charge in [0.05, 0.1) is 11.0 Å². The van der Waals surface area contributed by atoms with Crippen molar-refractivity contribution >= 4 is 21.8 Å². The van der Waals surface area contributed by atoms with Crippen molar-refractivity contribution in [2.24, 2.45) is 0 Å². The lowest BCUT2D eigenvalue weighted by molar-refractivity contribution is 1.07. The molecule has 0 aliphatic heterocycles. The Morgan fingerprint density at radius 2 is 0.655 bits per heavy atom.